The second-order valence-electron chi connectivity index (χ2n) is 3.12. The fraction of sp³-hybridized carbons (Fsp3) is 0.100. The number of hydrogen-bond acceptors (Lipinski definition) is 6. The van der Waals surface area contributed by atoms with Crippen molar-refractivity contribution in [1.82, 2.24) is 10.2 Å². The van der Waals surface area contributed by atoms with Crippen LogP contribution < -0.4 is 5.73 Å². The van der Waals surface area contributed by atoms with Gasteiger partial charge in [-0.2, -0.15) is 0 Å². The number of nitrogens with zero attached hydrogens (tertiary/aromatic N) is 2. The lowest BCUT2D eigenvalue weighted by molar-refractivity contribution is 0.102. The molecule has 2 rings (SSSR count). The maximum Gasteiger partial charge on any atom is 0.203 e. The summed E-state index contributed by atoms with van der Waals surface area (Å²) in [4.78, 5) is 11.7. The Morgan fingerprint density at radius 3 is 2.65 bits per heavy atom. The van der Waals surface area contributed by atoms with Gasteiger partial charge >= 0.3 is 0 Å². The number of hydrogen-bond donors (Lipinski definition) is 1. The van der Waals surface area contributed by atoms with E-state index in [2.05, 4.69) is 10.2 Å². The van der Waals surface area contributed by atoms with Gasteiger partial charge < -0.3 is 5.73 Å². The molecule has 0 aliphatic rings. The standard InChI is InChI=1S/C10H8FN3OS2/c11-7-3-1-6(2-4-7)8(15)5-16-10-14-13-9(12)17-10/h1-4H,5H2,(H2,12,13). The summed E-state index contributed by atoms with van der Waals surface area (Å²) in [5.41, 5.74) is 5.90. The van der Waals surface area contributed by atoms with Gasteiger partial charge in [0.2, 0.25) is 5.13 Å². The van der Waals surface area contributed by atoms with Crippen molar-refractivity contribution in [3.8, 4) is 0 Å². The van der Waals surface area contributed by atoms with Gasteiger partial charge in [-0.05, 0) is 24.3 Å². The van der Waals surface area contributed by atoms with E-state index in [0.717, 1.165) is 0 Å². The van der Waals surface area contributed by atoms with Gasteiger partial charge in [0.05, 0.1) is 5.75 Å². The molecule has 88 valence electrons. The summed E-state index contributed by atoms with van der Waals surface area (Å²) in [6.45, 7) is 0. The first kappa shape index (κ1) is 12.0. The highest BCUT2D eigenvalue weighted by molar-refractivity contribution is 8.01. The zero-order valence-corrected chi connectivity index (χ0v) is 10.2. The maximum atomic E-state index is 12.7. The Morgan fingerprint density at radius 2 is 2.06 bits per heavy atom. The van der Waals surface area contributed by atoms with Crippen LogP contribution in [0.25, 0.3) is 0 Å². The molecule has 0 radical (unpaired) electrons. The number of benzene rings is 1. The molecule has 0 fully saturated rings. The quantitative estimate of drug-likeness (QED) is 0.681. The topological polar surface area (TPSA) is 68.9 Å². The first-order valence-electron chi connectivity index (χ1n) is 4.65. The van der Waals surface area contributed by atoms with Crippen LogP contribution in [0.4, 0.5) is 9.52 Å². The molecule has 0 saturated heterocycles. The van der Waals surface area contributed by atoms with Gasteiger partial charge in [-0.3, -0.25) is 4.79 Å². The largest absolute Gasteiger partial charge is 0.374 e. The Labute approximate surface area is 105 Å². The highest BCUT2D eigenvalue weighted by Crippen LogP contribution is 2.24. The number of Topliss-reactive ketones (excluding diaryl/α,β-unsaturated/α-hetero) is 1. The molecule has 0 atom stereocenters. The molecule has 2 N–H and O–H groups in total. The van der Waals surface area contributed by atoms with E-state index in [1.165, 1.54) is 47.4 Å². The second-order valence-corrected chi connectivity index (χ2v) is 5.36. The Morgan fingerprint density at radius 1 is 1.35 bits per heavy atom. The van der Waals surface area contributed by atoms with Gasteiger partial charge in [0.1, 0.15) is 5.82 Å². The molecule has 0 amide bonds. The predicted octanol–water partition coefficient (Wildman–Crippen LogP) is 2.23. The van der Waals surface area contributed by atoms with Gasteiger partial charge in [-0.25, -0.2) is 4.39 Å². The van der Waals surface area contributed by atoms with Crippen molar-refractivity contribution in [1.29, 1.82) is 0 Å². The number of carbonyl (C=O) groups is 1. The summed E-state index contributed by atoms with van der Waals surface area (Å²) in [5.74, 6) is -0.199. The molecular formula is C10H8FN3OS2. The van der Waals surface area contributed by atoms with Crippen molar-refractivity contribution in [3.05, 3.63) is 35.6 Å². The minimum absolute atomic E-state index is 0.0798. The van der Waals surface area contributed by atoms with Crippen LogP contribution in [0.5, 0.6) is 0 Å². The summed E-state index contributed by atoms with van der Waals surface area (Å²) < 4.78 is 13.3. The summed E-state index contributed by atoms with van der Waals surface area (Å²) >= 11 is 2.50. The average Bonchev–Trinajstić information content (AvgIpc) is 2.73. The first-order valence-corrected chi connectivity index (χ1v) is 6.46. The molecule has 7 heteroatoms. The van der Waals surface area contributed by atoms with Crippen LogP contribution in [0.2, 0.25) is 0 Å². The lowest BCUT2D eigenvalue weighted by Crippen LogP contribution is -2.01. The highest BCUT2D eigenvalue weighted by atomic mass is 32.2. The van der Waals surface area contributed by atoms with Crippen molar-refractivity contribution in [2.45, 2.75) is 4.34 Å². The first-order chi connectivity index (χ1) is 8.15. The third kappa shape index (κ3) is 3.24. The number of halogens is 1. The summed E-state index contributed by atoms with van der Waals surface area (Å²) in [6.07, 6.45) is 0. The second kappa shape index (κ2) is 5.24. The maximum absolute atomic E-state index is 12.7. The zero-order chi connectivity index (χ0) is 12.3. The minimum Gasteiger partial charge on any atom is -0.374 e. The van der Waals surface area contributed by atoms with E-state index < -0.39 is 0 Å². The van der Waals surface area contributed by atoms with Crippen molar-refractivity contribution >= 4 is 34.0 Å². The smallest absolute Gasteiger partial charge is 0.203 e. The number of carbonyl (C=O) groups excluding carboxylic acids is 1. The third-order valence-corrected chi connectivity index (χ3v) is 3.80. The fourth-order valence-corrected chi connectivity index (χ4v) is 2.66. The molecule has 0 aliphatic heterocycles. The van der Waals surface area contributed by atoms with E-state index in [-0.39, 0.29) is 17.4 Å². The monoisotopic (exact) mass is 269 g/mol. The lowest BCUT2D eigenvalue weighted by Gasteiger charge is -1.98. The zero-order valence-electron chi connectivity index (χ0n) is 8.59. The van der Waals surface area contributed by atoms with Crippen LogP contribution in [0.3, 0.4) is 0 Å². The Kier molecular flexibility index (Phi) is 3.70. The van der Waals surface area contributed by atoms with Gasteiger partial charge in [-0.1, -0.05) is 23.1 Å². The van der Waals surface area contributed by atoms with E-state index >= 15 is 0 Å². The molecule has 2 aromatic rings. The van der Waals surface area contributed by atoms with E-state index in [0.29, 0.717) is 15.0 Å². The van der Waals surface area contributed by atoms with Crippen molar-refractivity contribution in [3.63, 3.8) is 0 Å². The molecule has 0 spiro atoms. The lowest BCUT2D eigenvalue weighted by atomic mass is 10.1. The Balaban J connectivity index is 1.95. The van der Waals surface area contributed by atoms with Crippen LogP contribution in [0.15, 0.2) is 28.6 Å². The van der Waals surface area contributed by atoms with Crippen molar-refractivity contribution in [2.75, 3.05) is 11.5 Å². The number of anilines is 1. The van der Waals surface area contributed by atoms with Crippen molar-refractivity contribution < 1.29 is 9.18 Å². The van der Waals surface area contributed by atoms with E-state index in [9.17, 15) is 9.18 Å². The van der Waals surface area contributed by atoms with Crippen LogP contribution in [0.1, 0.15) is 10.4 Å². The normalized spacial score (nSPS) is 10.4. The van der Waals surface area contributed by atoms with Crippen LogP contribution in [0, 0.1) is 5.82 Å². The summed E-state index contributed by atoms with van der Waals surface area (Å²) in [5, 5.41) is 7.81. The van der Waals surface area contributed by atoms with Crippen LogP contribution in [-0.4, -0.2) is 21.7 Å². The molecular weight excluding hydrogens is 261 g/mol. The fourth-order valence-electron chi connectivity index (χ4n) is 1.13. The summed E-state index contributed by atoms with van der Waals surface area (Å²) in [7, 11) is 0. The number of rotatable bonds is 4. The molecule has 0 saturated carbocycles. The molecule has 0 unspecified atom stereocenters. The summed E-state index contributed by atoms with van der Waals surface area (Å²) in [6, 6.07) is 5.46. The van der Waals surface area contributed by atoms with E-state index in [4.69, 9.17) is 5.73 Å². The van der Waals surface area contributed by atoms with Gasteiger partial charge in [-0.15, -0.1) is 10.2 Å². The van der Waals surface area contributed by atoms with Crippen LogP contribution >= 0.6 is 23.1 Å². The van der Waals surface area contributed by atoms with Crippen LogP contribution in [-0.2, 0) is 0 Å². The van der Waals surface area contributed by atoms with Gasteiger partial charge in [0.15, 0.2) is 10.1 Å². The minimum atomic E-state index is -0.355. The van der Waals surface area contributed by atoms with E-state index in [1.807, 2.05) is 0 Å². The molecule has 0 aliphatic carbocycles. The number of nitrogens with two attached hydrogens (primary N) is 1. The molecule has 0 bridgehead atoms. The van der Waals surface area contributed by atoms with Gasteiger partial charge in [0.25, 0.3) is 0 Å². The molecule has 17 heavy (non-hydrogen) atoms. The number of ketones is 1. The molecule has 1 aromatic carbocycles. The molecule has 4 nitrogen and oxygen atoms in total. The molecule has 1 aromatic heterocycles. The van der Waals surface area contributed by atoms with Gasteiger partial charge in [0, 0.05) is 5.56 Å². The Hall–Kier alpha value is -1.47. The average molecular weight is 269 g/mol. The third-order valence-electron chi connectivity index (χ3n) is 1.92. The highest BCUT2D eigenvalue weighted by Gasteiger charge is 2.09. The number of thioether (sulfide) groups is 1. The van der Waals surface area contributed by atoms with E-state index in [1.54, 1.807) is 0 Å². The Bertz CT molecular complexity index is 527. The number of nitrogen functional groups attached to an aromatic ring is 1. The predicted molar refractivity (Wildman–Crippen MR) is 65.8 cm³/mol. The van der Waals surface area contributed by atoms with Crippen molar-refractivity contribution in [2.24, 2.45) is 0 Å². The SMILES string of the molecule is Nc1nnc(SCC(=O)c2ccc(F)cc2)s1. The number of aromatic nitrogens is 2. The molecule has 1 heterocycles.